The maximum atomic E-state index is 13.0. The number of amides is 2. The van der Waals surface area contributed by atoms with Crippen LogP contribution in [0.25, 0.3) is 0 Å². The molecule has 162 valence electrons. The summed E-state index contributed by atoms with van der Waals surface area (Å²) >= 11 is 0. The third-order valence-electron chi connectivity index (χ3n) is 6.27. The summed E-state index contributed by atoms with van der Waals surface area (Å²) in [5.41, 5.74) is 2.32. The van der Waals surface area contributed by atoms with Crippen LogP contribution in [0.1, 0.15) is 46.8 Å². The van der Waals surface area contributed by atoms with E-state index in [2.05, 4.69) is 29.2 Å². The van der Waals surface area contributed by atoms with Crippen LogP contribution in [0.15, 0.2) is 61.2 Å². The summed E-state index contributed by atoms with van der Waals surface area (Å²) in [4.78, 5) is 26.7. The van der Waals surface area contributed by atoms with Crippen LogP contribution in [0.3, 0.4) is 0 Å². The topological polar surface area (TPSA) is 70.7 Å². The molecule has 4 rings (SSSR count). The Morgan fingerprint density at radius 3 is 2.58 bits per heavy atom. The highest BCUT2D eigenvalue weighted by Crippen LogP contribution is 2.44. The van der Waals surface area contributed by atoms with E-state index in [0.29, 0.717) is 12.1 Å². The number of fused-ring (bicyclic) bond motifs is 1. The molecule has 2 aliphatic heterocycles. The number of rotatable bonds is 5. The quantitative estimate of drug-likeness (QED) is 0.730. The monoisotopic (exact) mass is 419 g/mol. The number of hydrogen-bond acceptors (Lipinski definition) is 4. The molecular formula is C25H29N3O3. The number of likely N-dealkylation sites (tertiary alicyclic amines) is 1. The van der Waals surface area contributed by atoms with Crippen LogP contribution in [0.5, 0.6) is 5.75 Å². The summed E-state index contributed by atoms with van der Waals surface area (Å²) in [6.45, 7) is 5.83. The van der Waals surface area contributed by atoms with Gasteiger partial charge in [0.2, 0.25) is 5.91 Å². The molecule has 2 aromatic rings. The Labute approximate surface area is 183 Å². The molecule has 2 amide bonds. The van der Waals surface area contributed by atoms with Crippen LogP contribution >= 0.6 is 0 Å². The molecule has 0 radical (unpaired) electrons. The highest BCUT2D eigenvalue weighted by Gasteiger charge is 2.43. The van der Waals surface area contributed by atoms with Crippen molar-refractivity contribution in [3.05, 3.63) is 77.9 Å². The van der Waals surface area contributed by atoms with Gasteiger partial charge < -0.3 is 20.3 Å². The van der Waals surface area contributed by atoms with E-state index < -0.39 is 0 Å². The maximum Gasteiger partial charge on any atom is 0.251 e. The number of carbonyl (C=O) groups excluding carboxylic acids is 2. The van der Waals surface area contributed by atoms with Gasteiger partial charge in [-0.2, -0.15) is 0 Å². The van der Waals surface area contributed by atoms with E-state index in [1.54, 1.807) is 12.1 Å². The van der Waals surface area contributed by atoms with Gasteiger partial charge in [0.05, 0.1) is 6.04 Å². The van der Waals surface area contributed by atoms with Gasteiger partial charge in [0.25, 0.3) is 5.91 Å². The van der Waals surface area contributed by atoms with Gasteiger partial charge in [-0.15, -0.1) is 0 Å². The predicted molar refractivity (Wildman–Crippen MR) is 120 cm³/mol. The van der Waals surface area contributed by atoms with E-state index in [0.717, 1.165) is 49.2 Å². The van der Waals surface area contributed by atoms with Crippen molar-refractivity contribution in [2.24, 2.45) is 0 Å². The first-order valence-electron chi connectivity index (χ1n) is 10.7. The molecule has 1 spiro atoms. The molecule has 2 aliphatic rings. The number of carbonyl (C=O) groups is 2. The lowest BCUT2D eigenvalue weighted by Gasteiger charge is -2.46. The van der Waals surface area contributed by atoms with E-state index in [-0.39, 0.29) is 23.5 Å². The Hall–Kier alpha value is -3.12. The Morgan fingerprint density at radius 1 is 1.16 bits per heavy atom. The zero-order valence-electron chi connectivity index (χ0n) is 17.9. The van der Waals surface area contributed by atoms with Gasteiger partial charge in [-0.1, -0.05) is 36.9 Å². The van der Waals surface area contributed by atoms with Crippen molar-refractivity contribution in [1.29, 1.82) is 0 Å². The van der Waals surface area contributed by atoms with Gasteiger partial charge in [0.1, 0.15) is 11.4 Å². The van der Waals surface area contributed by atoms with E-state index >= 15 is 0 Å². The van der Waals surface area contributed by atoms with E-state index in [1.807, 2.05) is 36.4 Å². The van der Waals surface area contributed by atoms with E-state index in [1.165, 1.54) is 6.08 Å². The SMILES string of the molecule is C=CC(=O)NCc1ccc(C(=O)N[C@H]2CC3(CCN(C)CC3)Oc3ccccc32)cc1. The molecule has 0 saturated carbocycles. The second-order valence-corrected chi connectivity index (χ2v) is 8.48. The summed E-state index contributed by atoms with van der Waals surface area (Å²) in [5, 5.41) is 5.97. The number of nitrogens with zero attached hydrogens (tertiary/aromatic N) is 1. The lowest BCUT2D eigenvalue weighted by molar-refractivity contribution is -0.116. The molecule has 2 heterocycles. The molecule has 0 bridgehead atoms. The normalized spacial score (nSPS) is 19.7. The molecule has 2 aromatic carbocycles. The van der Waals surface area contributed by atoms with E-state index in [4.69, 9.17) is 4.74 Å². The lowest BCUT2D eigenvalue weighted by atomic mass is 9.80. The highest BCUT2D eigenvalue weighted by molar-refractivity contribution is 5.94. The Balaban J connectivity index is 1.47. The minimum Gasteiger partial charge on any atom is -0.487 e. The van der Waals surface area contributed by atoms with Gasteiger partial charge in [-0.3, -0.25) is 9.59 Å². The van der Waals surface area contributed by atoms with Crippen LogP contribution in [0.4, 0.5) is 0 Å². The Bertz CT molecular complexity index is 962. The van der Waals surface area contributed by atoms with Gasteiger partial charge in [0.15, 0.2) is 0 Å². The third-order valence-corrected chi connectivity index (χ3v) is 6.27. The van der Waals surface area contributed by atoms with Crippen molar-refractivity contribution >= 4 is 11.8 Å². The minimum absolute atomic E-state index is 0.0904. The molecule has 6 heteroatoms. The average Bonchev–Trinajstić information content (AvgIpc) is 2.80. The summed E-state index contributed by atoms with van der Waals surface area (Å²) in [6, 6.07) is 15.2. The molecule has 1 atom stereocenters. The van der Waals surface area contributed by atoms with Gasteiger partial charge in [-0.05, 0) is 49.7 Å². The van der Waals surface area contributed by atoms with Crippen LogP contribution in [-0.4, -0.2) is 42.5 Å². The number of benzene rings is 2. The number of nitrogens with one attached hydrogen (secondary N) is 2. The number of piperidine rings is 1. The second-order valence-electron chi connectivity index (χ2n) is 8.48. The van der Waals surface area contributed by atoms with Crippen molar-refractivity contribution in [3.63, 3.8) is 0 Å². The third kappa shape index (κ3) is 4.80. The largest absolute Gasteiger partial charge is 0.487 e. The molecule has 0 aromatic heterocycles. The van der Waals surface area contributed by atoms with Crippen LogP contribution in [0.2, 0.25) is 0 Å². The maximum absolute atomic E-state index is 13.0. The molecule has 1 saturated heterocycles. The van der Waals surface area contributed by atoms with Crippen LogP contribution in [-0.2, 0) is 11.3 Å². The van der Waals surface area contributed by atoms with Crippen molar-refractivity contribution in [3.8, 4) is 5.75 Å². The minimum atomic E-state index is -0.230. The molecule has 6 nitrogen and oxygen atoms in total. The zero-order chi connectivity index (χ0) is 21.8. The second kappa shape index (κ2) is 8.94. The van der Waals surface area contributed by atoms with E-state index in [9.17, 15) is 9.59 Å². The van der Waals surface area contributed by atoms with Gasteiger partial charge in [-0.25, -0.2) is 0 Å². The van der Waals surface area contributed by atoms with Crippen molar-refractivity contribution in [1.82, 2.24) is 15.5 Å². The lowest BCUT2D eigenvalue weighted by Crippen LogP contribution is -2.51. The van der Waals surface area contributed by atoms with Crippen molar-refractivity contribution in [2.45, 2.75) is 37.5 Å². The fourth-order valence-corrected chi connectivity index (χ4v) is 4.36. The van der Waals surface area contributed by atoms with Crippen molar-refractivity contribution in [2.75, 3.05) is 20.1 Å². The van der Waals surface area contributed by atoms with Crippen LogP contribution in [0, 0.1) is 0 Å². The zero-order valence-corrected chi connectivity index (χ0v) is 17.9. The summed E-state index contributed by atoms with van der Waals surface area (Å²) in [6.07, 6.45) is 3.92. The summed E-state index contributed by atoms with van der Waals surface area (Å²) < 4.78 is 6.48. The highest BCUT2D eigenvalue weighted by atomic mass is 16.5. The molecular weight excluding hydrogens is 390 g/mol. The number of hydrogen-bond donors (Lipinski definition) is 2. The van der Waals surface area contributed by atoms with Crippen molar-refractivity contribution < 1.29 is 14.3 Å². The Kier molecular flexibility index (Phi) is 6.09. The first-order valence-corrected chi connectivity index (χ1v) is 10.7. The van der Waals surface area contributed by atoms with Gasteiger partial charge in [0, 0.05) is 37.2 Å². The first kappa shape index (κ1) is 21.1. The first-order chi connectivity index (χ1) is 15.0. The smallest absolute Gasteiger partial charge is 0.251 e. The fourth-order valence-electron chi connectivity index (χ4n) is 4.36. The van der Waals surface area contributed by atoms with Gasteiger partial charge >= 0.3 is 0 Å². The molecule has 0 unspecified atom stereocenters. The molecule has 2 N–H and O–H groups in total. The fraction of sp³-hybridized carbons (Fsp3) is 0.360. The Morgan fingerprint density at radius 2 is 1.87 bits per heavy atom. The summed E-state index contributed by atoms with van der Waals surface area (Å²) in [7, 11) is 2.13. The molecule has 0 aliphatic carbocycles. The predicted octanol–water partition coefficient (Wildman–Crippen LogP) is 3.21. The molecule has 1 fully saturated rings. The number of para-hydroxylation sites is 1. The number of ether oxygens (including phenoxy) is 1. The summed E-state index contributed by atoms with van der Waals surface area (Å²) in [5.74, 6) is 0.547. The molecule has 31 heavy (non-hydrogen) atoms. The standard InChI is InChI=1S/C25H29N3O3/c1-3-23(29)26-17-18-8-10-19(11-9-18)24(30)27-21-16-25(12-14-28(2)15-13-25)31-22-7-5-4-6-20(21)22/h3-11,21H,1,12-17H2,2H3,(H,26,29)(H,27,30)/t21-/m0/s1. The average molecular weight is 420 g/mol. The van der Waals surface area contributed by atoms with Crippen LogP contribution < -0.4 is 15.4 Å².